The highest BCUT2D eigenvalue weighted by Crippen LogP contribution is 2.25. The van der Waals surface area contributed by atoms with E-state index in [-0.39, 0.29) is 60.8 Å². The van der Waals surface area contributed by atoms with E-state index in [1.165, 1.54) is 23.1 Å². The Morgan fingerprint density at radius 2 is 1.97 bits per heavy atom. The average molecular weight is 523 g/mol. The highest BCUT2D eigenvalue weighted by molar-refractivity contribution is 6.00. The van der Waals surface area contributed by atoms with E-state index in [1.54, 1.807) is 49.3 Å². The van der Waals surface area contributed by atoms with E-state index in [1.807, 2.05) is 24.0 Å². The lowest BCUT2D eigenvalue weighted by Crippen LogP contribution is -2.55. The van der Waals surface area contributed by atoms with Crippen LogP contribution in [0.1, 0.15) is 18.1 Å². The number of piperazine rings is 1. The molecule has 2 aromatic rings. The first-order chi connectivity index (χ1) is 18.2. The zero-order valence-electron chi connectivity index (χ0n) is 21.8. The molecule has 1 saturated heterocycles. The smallest absolute Gasteiger partial charge is 0.246 e. The van der Waals surface area contributed by atoms with Crippen LogP contribution in [0.15, 0.2) is 66.5 Å². The summed E-state index contributed by atoms with van der Waals surface area (Å²) in [6.07, 6.45) is 4.62. The molecule has 200 valence electrons. The summed E-state index contributed by atoms with van der Waals surface area (Å²) >= 11 is 0. The van der Waals surface area contributed by atoms with Gasteiger partial charge in [0.05, 0.1) is 19.4 Å². The van der Waals surface area contributed by atoms with E-state index in [9.17, 15) is 18.4 Å². The largest absolute Gasteiger partial charge is 0.497 e. The molecule has 0 spiro atoms. The molecular weight excluding hydrogens is 490 g/mol. The van der Waals surface area contributed by atoms with Gasteiger partial charge < -0.3 is 19.9 Å². The minimum atomic E-state index is -0.351. The van der Waals surface area contributed by atoms with Gasteiger partial charge in [-0.05, 0) is 61.4 Å². The summed E-state index contributed by atoms with van der Waals surface area (Å²) in [5, 5.41) is 8.64. The van der Waals surface area contributed by atoms with Crippen LogP contribution in [0.4, 0.5) is 14.5 Å². The molecule has 1 N–H and O–H groups in total. The maximum Gasteiger partial charge on any atom is 0.246 e. The van der Waals surface area contributed by atoms with Crippen LogP contribution in [-0.2, 0) is 9.59 Å². The van der Waals surface area contributed by atoms with Gasteiger partial charge >= 0.3 is 0 Å². The first-order valence-electron chi connectivity index (χ1n) is 12.5. The van der Waals surface area contributed by atoms with Crippen LogP contribution < -0.4 is 9.64 Å². The maximum absolute atomic E-state index is 13.8. The Morgan fingerprint density at radius 1 is 1.18 bits per heavy atom. The van der Waals surface area contributed by atoms with Crippen molar-refractivity contribution < 1.29 is 23.1 Å². The molecule has 2 atom stereocenters. The van der Waals surface area contributed by atoms with Crippen LogP contribution in [0.2, 0.25) is 0 Å². The number of hydrogen-bond donors (Lipinski definition) is 1. The summed E-state index contributed by atoms with van der Waals surface area (Å²) in [4.78, 5) is 31.3. The third-order valence-corrected chi connectivity index (χ3v) is 7.11. The van der Waals surface area contributed by atoms with Crippen LogP contribution in [0.25, 0.3) is 0 Å². The van der Waals surface area contributed by atoms with Crippen molar-refractivity contribution in [3.8, 4) is 5.75 Å². The number of carbonyl (C=O) groups excluding carboxylic acids is 2. The van der Waals surface area contributed by atoms with Crippen molar-refractivity contribution in [1.82, 2.24) is 9.80 Å². The standard InChI is InChI=1S/C29H32F2N4O3/c1-19-13-22(8-10-26(19)31)27(32)16-34(20(2)21-7-9-23(30)14-21)17-28(36)33-11-12-35(29(37)18-33)24-5-4-6-25(15-24)38-3/h4-10,13-15,20-21,32H,11-12,16-18H2,1-3H3. The molecule has 1 aliphatic carbocycles. The molecule has 2 unspecified atom stereocenters. The number of rotatable bonds is 9. The van der Waals surface area contributed by atoms with Crippen LogP contribution in [-0.4, -0.2) is 73.2 Å². The fourth-order valence-electron chi connectivity index (χ4n) is 4.72. The second-order valence-corrected chi connectivity index (χ2v) is 9.64. The molecule has 1 fully saturated rings. The van der Waals surface area contributed by atoms with E-state index in [2.05, 4.69) is 0 Å². The van der Waals surface area contributed by atoms with Crippen molar-refractivity contribution in [2.45, 2.75) is 19.9 Å². The molecule has 1 aliphatic heterocycles. The quantitative estimate of drug-likeness (QED) is 0.503. The number of allylic oxidation sites excluding steroid dienone is 2. The van der Waals surface area contributed by atoms with Crippen molar-refractivity contribution in [1.29, 1.82) is 5.41 Å². The number of nitrogens with zero attached hydrogens (tertiary/aromatic N) is 3. The Hall–Kier alpha value is -3.85. The predicted octanol–water partition coefficient (Wildman–Crippen LogP) is 4.12. The number of carbonyl (C=O) groups is 2. The van der Waals surface area contributed by atoms with Crippen molar-refractivity contribution in [3.63, 3.8) is 0 Å². The van der Waals surface area contributed by atoms with Gasteiger partial charge in [-0.15, -0.1) is 0 Å². The molecule has 7 nitrogen and oxygen atoms in total. The van der Waals surface area contributed by atoms with Gasteiger partial charge in [0.1, 0.15) is 23.9 Å². The topological polar surface area (TPSA) is 76.9 Å². The van der Waals surface area contributed by atoms with Gasteiger partial charge in [-0.25, -0.2) is 8.78 Å². The number of methoxy groups -OCH3 is 1. The number of amides is 2. The van der Waals surface area contributed by atoms with Crippen LogP contribution in [0.5, 0.6) is 5.75 Å². The molecule has 9 heteroatoms. The number of hydrogen-bond acceptors (Lipinski definition) is 5. The minimum Gasteiger partial charge on any atom is -0.497 e. The third-order valence-electron chi connectivity index (χ3n) is 7.11. The van der Waals surface area contributed by atoms with Gasteiger partial charge in [0, 0.05) is 43.3 Å². The van der Waals surface area contributed by atoms with E-state index in [0.717, 1.165) is 0 Å². The summed E-state index contributed by atoms with van der Waals surface area (Å²) in [5.41, 5.74) is 1.91. The molecular formula is C29H32F2N4O3. The lowest BCUT2D eigenvalue weighted by atomic mass is 10.00. The fraction of sp³-hybridized carbons (Fsp3) is 0.345. The fourth-order valence-corrected chi connectivity index (χ4v) is 4.72. The SMILES string of the molecule is COc1cccc(N2CCN(C(=O)CN(CC(=N)c3ccc(F)c(C)c3)C(C)C3C=CC(F)=C3)CC2=O)c1. The first-order valence-corrected chi connectivity index (χ1v) is 12.5. The number of anilines is 1. The molecule has 0 aromatic heterocycles. The molecule has 2 aromatic carbocycles. The van der Waals surface area contributed by atoms with E-state index in [4.69, 9.17) is 10.1 Å². The summed E-state index contributed by atoms with van der Waals surface area (Å²) < 4.78 is 32.8. The molecule has 0 radical (unpaired) electrons. The Labute approximate surface area is 221 Å². The monoisotopic (exact) mass is 522 g/mol. The molecule has 2 aliphatic rings. The summed E-state index contributed by atoms with van der Waals surface area (Å²) in [5.74, 6) is -0.755. The van der Waals surface area contributed by atoms with Gasteiger partial charge in [-0.2, -0.15) is 0 Å². The van der Waals surface area contributed by atoms with E-state index >= 15 is 0 Å². The third kappa shape index (κ3) is 6.16. The number of ether oxygens (including phenoxy) is 1. The lowest BCUT2D eigenvalue weighted by molar-refractivity contribution is -0.138. The Balaban J connectivity index is 1.47. The second kappa shape index (κ2) is 11.7. The molecule has 4 rings (SSSR count). The predicted molar refractivity (Wildman–Crippen MR) is 143 cm³/mol. The van der Waals surface area contributed by atoms with Gasteiger partial charge in [0.2, 0.25) is 11.8 Å². The van der Waals surface area contributed by atoms with Gasteiger partial charge in [-0.3, -0.25) is 14.5 Å². The van der Waals surface area contributed by atoms with Gasteiger partial charge in [-0.1, -0.05) is 18.2 Å². The van der Waals surface area contributed by atoms with E-state index < -0.39 is 0 Å². The van der Waals surface area contributed by atoms with Gasteiger partial charge in [0.15, 0.2) is 0 Å². The van der Waals surface area contributed by atoms with Gasteiger partial charge in [0.25, 0.3) is 0 Å². The van der Waals surface area contributed by atoms with Crippen molar-refractivity contribution in [2.24, 2.45) is 5.92 Å². The summed E-state index contributed by atoms with van der Waals surface area (Å²) in [6, 6.07) is 11.4. The number of aryl methyl sites for hydroxylation is 1. The van der Waals surface area contributed by atoms with Crippen LogP contribution in [0.3, 0.4) is 0 Å². The van der Waals surface area contributed by atoms with Crippen molar-refractivity contribution in [3.05, 3.63) is 83.5 Å². The zero-order valence-corrected chi connectivity index (χ0v) is 21.8. The Bertz CT molecular complexity index is 1290. The molecule has 0 saturated carbocycles. The lowest BCUT2D eigenvalue weighted by Gasteiger charge is -2.37. The number of halogens is 2. The normalized spacial score (nSPS) is 18.1. The van der Waals surface area contributed by atoms with Crippen LogP contribution >= 0.6 is 0 Å². The first kappa shape index (κ1) is 27.2. The zero-order chi connectivity index (χ0) is 27.4. The molecule has 1 heterocycles. The molecule has 2 amide bonds. The highest BCUT2D eigenvalue weighted by atomic mass is 19.1. The highest BCUT2D eigenvalue weighted by Gasteiger charge is 2.32. The second-order valence-electron chi connectivity index (χ2n) is 9.64. The minimum absolute atomic E-state index is 0.0457. The van der Waals surface area contributed by atoms with Crippen molar-refractivity contribution >= 4 is 23.2 Å². The molecule has 38 heavy (non-hydrogen) atoms. The van der Waals surface area contributed by atoms with Crippen LogP contribution in [0, 0.1) is 24.1 Å². The molecule has 0 bridgehead atoms. The number of nitrogens with one attached hydrogen (secondary N) is 1. The summed E-state index contributed by atoms with van der Waals surface area (Å²) in [6.45, 7) is 4.21. The average Bonchev–Trinajstić information content (AvgIpc) is 3.35. The van der Waals surface area contributed by atoms with E-state index in [0.29, 0.717) is 35.7 Å². The maximum atomic E-state index is 13.8. The Kier molecular flexibility index (Phi) is 8.36. The van der Waals surface area contributed by atoms with Crippen molar-refractivity contribution in [2.75, 3.05) is 44.7 Å². The Morgan fingerprint density at radius 3 is 2.63 bits per heavy atom. The summed E-state index contributed by atoms with van der Waals surface area (Å²) in [7, 11) is 1.56. The number of benzene rings is 2.